The van der Waals surface area contributed by atoms with E-state index in [0.717, 1.165) is 0 Å². The molecule has 0 spiro atoms. The van der Waals surface area contributed by atoms with Crippen LogP contribution in [0.5, 0.6) is 11.5 Å². The molecule has 0 aliphatic rings. The van der Waals surface area contributed by atoms with E-state index in [-0.39, 0.29) is 17.9 Å². The quantitative estimate of drug-likeness (QED) is 0.207. The number of carboxylic acids is 1. The first-order valence-corrected chi connectivity index (χ1v) is 12.4. The van der Waals surface area contributed by atoms with E-state index in [9.17, 15) is 24.3 Å². The van der Waals surface area contributed by atoms with E-state index in [4.69, 9.17) is 29.4 Å². The molecule has 0 fully saturated rings. The van der Waals surface area contributed by atoms with E-state index in [1.165, 1.54) is 18.2 Å². The number of esters is 1. The first-order chi connectivity index (χ1) is 17.3. The highest BCUT2D eigenvalue weighted by atomic mass is 16.7. The van der Waals surface area contributed by atoms with Crippen molar-refractivity contribution in [2.24, 2.45) is 11.7 Å². The third kappa shape index (κ3) is 9.91. The van der Waals surface area contributed by atoms with Gasteiger partial charge in [0.2, 0.25) is 0 Å². The largest absolute Gasteiger partial charge is 0.514 e. The Hall–Kier alpha value is -3.34. The molecule has 0 heterocycles. The monoisotopic (exact) mass is 525 g/mol. The lowest BCUT2D eigenvalue weighted by molar-refractivity contribution is -0.150. The normalized spacial score (nSPS) is 15.8. The summed E-state index contributed by atoms with van der Waals surface area (Å²) >= 11 is 0. The molecule has 0 radical (unpaired) electrons. The van der Waals surface area contributed by atoms with Crippen molar-refractivity contribution < 1.29 is 48.0 Å². The van der Waals surface area contributed by atoms with Crippen LogP contribution in [-0.2, 0) is 23.8 Å². The molecular weight excluding hydrogens is 486 g/mol. The van der Waals surface area contributed by atoms with Crippen LogP contribution in [0.3, 0.4) is 0 Å². The molecular formula is C26H39NO10. The molecule has 6 atom stereocenters. The van der Waals surface area contributed by atoms with Gasteiger partial charge in [-0.3, -0.25) is 9.59 Å². The Kier molecular flexibility index (Phi) is 12.9. The fourth-order valence-electron chi connectivity index (χ4n) is 3.30. The average Bonchev–Trinajstić information content (AvgIpc) is 2.84. The fourth-order valence-corrected chi connectivity index (χ4v) is 3.30. The highest BCUT2D eigenvalue weighted by molar-refractivity contribution is 5.75. The van der Waals surface area contributed by atoms with Gasteiger partial charge in [-0.05, 0) is 51.3 Å². The number of hydrogen-bond acceptors (Lipinski definition) is 10. The van der Waals surface area contributed by atoms with Gasteiger partial charge in [-0.15, -0.1) is 0 Å². The molecule has 1 aromatic carbocycles. The van der Waals surface area contributed by atoms with Crippen LogP contribution < -0.4 is 15.2 Å². The Morgan fingerprint density at radius 3 is 1.81 bits per heavy atom. The molecule has 0 aliphatic carbocycles. The summed E-state index contributed by atoms with van der Waals surface area (Å²) in [5.41, 5.74) is 6.40. The number of hydrogen-bond donors (Lipinski definition) is 2. The molecule has 0 bridgehead atoms. The minimum atomic E-state index is -1.39. The van der Waals surface area contributed by atoms with Gasteiger partial charge in [0.05, 0.1) is 0 Å². The van der Waals surface area contributed by atoms with Crippen LogP contribution >= 0.6 is 0 Å². The summed E-state index contributed by atoms with van der Waals surface area (Å²) in [5.74, 6) is -3.47. The fraction of sp³-hybridized carbons (Fsp3) is 0.615. The van der Waals surface area contributed by atoms with Crippen molar-refractivity contribution in [1.82, 2.24) is 0 Å². The highest BCUT2D eigenvalue weighted by Gasteiger charge is 2.36. The van der Waals surface area contributed by atoms with Crippen molar-refractivity contribution in [3.05, 3.63) is 23.8 Å². The molecule has 1 aromatic rings. The molecule has 0 aliphatic heterocycles. The first-order valence-electron chi connectivity index (χ1n) is 12.4. The number of carbonyl (C=O) groups excluding carboxylic acids is 3. The van der Waals surface area contributed by atoms with Crippen LogP contribution in [-0.4, -0.2) is 53.7 Å². The number of ether oxygens (including phenoxy) is 5. The topological polar surface area (TPSA) is 161 Å². The van der Waals surface area contributed by atoms with Crippen LogP contribution in [0.2, 0.25) is 0 Å². The highest BCUT2D eigenvalue weighted by Crippen LogP contribution is 2.37. The Morgan fingerprint density at radius 2 is 1.35 bits per heavy atom. The summed E-state index contributed by atoms with van der Waals surface area (Å²) in [4.78, 5) is 48.3. The van der Waals surface area contributed by atoms with E-state index in [1.807, 2.05) is 13.8 Å². The van der Waals surface area contributed by atoms with E-state index >= 15 is 0 Å². The predicted molar refractivity (Wildman–Crippen MR) is 134 cm³/mol. The number of nitrogens with two attached hydrogens (primary N) is 1. The maximum absolute atomic E-state index is 12.4. The third-order valence-electron chi connectivity index (χ3n) is 6.07. The second kappa shape index (κ2) is 15.0. The Bertz CT molecular complexity index is 934. The Balaban J connectivity index is 3.46. The zero-order chi connectivity index (χ0) is 28.3. The van der Waals surface area contributed by atoms with Crippen molar-refractivity contribution in [2.45, 2.75) is 98.0 Å². The molecule has 11 heteroatoms. The van der Waals surface area contributed by atoms with Gasteiger partial charge in [-0.25, -0.2) is 9.59 Å². The molecule has 3 N–H and O–H groups in total. The number of aliphatic carboxylic acids is 1. The van der Waals surface area contributed by atoms with E-state index < -0.39 is 60.4 Å². The molecule has 37 heavy (non-hydrogen) atoms. The van der Waals surface area contributed by atoms with Gasteiger partial charge in [0.1, 0.15) is 24.4 Å². The van der Waals surface area contributed by atoms with Crippen molar-refractivity contribution in [3.8, 4) is 11.5 Å². The summed E-state index contributed by atoms with van der Waals surface area (Å²) in [5, 5.41) is 9.67. The molecule has 5 unspecified atom stereocenters. The zero-order valence-electron chi connectivity index (χ0n) is 22.5. The number of carbonyl (C=O) groups is 4. The van der Waals surface area contributed by atoms with Gasteiger partial charge in [0, 0.05) is 18.3 Å². The average molecular weight is 526 g/mol. The van der Waals surface area contributed by atoms with Gasteiger partial charge < -0.3 is 34.5 Å². The first kappa shape index (κ1) is 31.7. The van der Waals surface area contributed by atoms with Crippen molar-refractivity contribution >= 4 is 24.2 Å². The predicted octanol–water partition coefficient (Wildman–Crippen LogP) is 4.79. The number of carboxylic acid groups (broad SMARTS) is 1. The van der Waals surface area contributed by atoms with E-state index in [2.05, 4.69) is 0 Å². The second-order valence-electron chi connectivity index (χ2n) is 8.88. The number of rotatable bonds is 13. The maximum Gasteiger partial charge on any atom is 0.514 e. The molecule has 0 saturated heterocycles. The summed E-state index contributed by atoms with van der Waals surface area (Å²) in [6.07, 6.45) is -2.30. The zero-order valence-corrected chi connectivity index (χ0v) is 22.5. The van der Waals surface area contributed by atoms with Crippen molar-refractivity contribution in [2.75, 3.05) is 0 Å². The van der Waals surface area contributed by atoms with Crippen molar-refractivity contribution in [1.29, 1.82) is 0 Å². The van der Waals surface area contributed by atoms with Crippen LogP contribution in [0.1, 0.15) is 79.2 Å². The SMILES string of the molecule is CCC(=O)OC(C)C(C)C(c1ccc(OC(=O)OC(C)CC)c(OC(=O)OC(C)CC)c1)[C@H](N)C(=O)O. The second-order valence-corrected chi connectivity index (χ2v) is 8.88. The van der Waals surface area contributed by atoms with Gasteiger partial charge in [0.15, 0.2) is 11.5 Å². The van der Waals surface area contributed by atoms with Crippen molar-refractivity contribution in [3.63, 3.8) is 0 Å². The summed E-state index contributed by atoms with van der Waals surface area (Å²) in [6.45, 7) is 12.0. The van der Waals surface area contributed by atoms with E-state index in [1.54, 1.807) is 34.6 Å². The standard InChI is InChI=1S/C26H39NO10/c1-8-14(4)33-25(31)36-19-12-11-18(13-20(19)37-26(32)34-15(5)9-2)22(23(27)24(29)30)16(6)17(7)35-21(28)10-3/h11-17,22-23H,8-10,27H2,1-7H3,(H,29,30)/t14?,15?,16?,17?,22?,23-/m0/s1. The molecule has 1 rings (SSSR count). The number of benzene rings is 1. The molecule has 208 valence electrons. The van der Waals surface area contributed by atoms with Crippen LogP contribution in [0.15, 0.2) is 18.2 Å². The summed E-state index contributed by atoms with van der Waals surface area (Å²) in [7, 11) is 0. The van der Waals surface area contributed by atoms with Crippen LogP contribution in [0, 0.1) is 5.92 Å². The lowest BCUT2D eigenvalue weighted by atomic mass is 9.79. The molecule has 0 amide bonds. The van der Waals surface area contributed by atoms with Gasteiger partial charge >= 0.3 is 24.2 Å². The minimum Gasteiger partial charge on any atom is -0.480 e. The van der Waals surface area contributed by atoms with Gasteiger partial charge in [0.25, 0.3) is 0 Å². The Labute approximate surface area is 217 Å². The lowest BCUT2D eigenvalue weighted by Crippen LogP contribution is -2.42. The maximum atomic E-state index is 12.4. The summed E-state index contributed by atoms with van der Waals surface area (Å²) < 4.78 is 26.3. The smallest absolute Gasteiger partial charge is 0.480 e. The Morgan fingerprint density at radius 1 is 0.838 bits per heavy atom. The summed E-state index contributed by atoms with van der Waals surface area (Å²) in [6, 6.07) is 2.80. The third-order valence-corrected chi connectivity index (χ3v) is 6.07. The molecule has 0 saturated carbocycles. The molecule has 0 aromatic heterocycles. The van der Waals surface area contributed by atoms with E-state index in [0.29, 0.717) is 18.4 Å². The van der Waals surface area contributed by atoms with Gasteiger partial charge in [-0.1, -0.05) is 33.8 Å². The lowest BCUT2D eigenvalue weighted by Gasteiger charge is -2.31. The van der Waals surface area contributed by atoms with Gasteiger partial charge in [-0.2, -0.15) is 0 Å². The minimum absolute atomic E-state index is 0.140. The molecule has 11 nitrogen and oxygen atoms in total. The van der Waals surface area contributed by atoms with Crippen LogP contribution in [0.4, 0.5) is 9.59 Å². The van der Waals surface area contributed by atoms with Crippen LogP contribution in [0.25, 0.3) is 0 Å².